The van der Waals surface area contributed by atoms with E-state index in [1.807, 2.05) is 12.1 Å². The molecule has 4 rings (SSSR count). The van der Waals surface area contributed by atoms with Crippen LogP contribution >= 0.6 is 0 Å². The van der Waals surface area contributed by atoms with Gasteiger partial charge in [0.05, 0.1) is 0 Å². The van der Waals surface area contributed by atoms with Gasteiger partial charge in [0.15, 0.2) is 0 Å². The summed E-state index contributed by atoms with van der Waals surface area (Å²) in [5, 5.41) is 17.5. The molecular weight excluding hydrogens is 388 g/mol. The summed E-state index contributed by atoms with van der Waals surface area (Å²) in [4.78, 5) is 22.6. The average Bonchev–Trinajstić information content (AvgIpc) is 3.25. The van der Waals surface area contributed by atoms with Crippen LogP contribution in [0.5, 0.6) is 0 Å². The highest BCUT2D eigenvalue weighted by atomic mass is 16.4. The lowest BCUT2D eigenvalue weighted by atomic mass is 9.96. The number of rotatable bonds is 7. The molecule has 160 valence electrons. The molecule has 0 aromatic heterocycles. The molecule has 1 aliphatic carbocycles. The summed E-state index contributed by atoms with van der Waals surface area (Å²) in [5.41, 5.74) is 3.05. The zero-order valence-corrected chi connectivity index (χ0v) is 17.7. The van der Waals surface area contributed by atoms with Crippen molar-refractivity contribution in [3.05, 3.63) is 83.4 Å². The van der Waals surface area contributed by atoms with Crippen LogP contribution in [0, 0.1) is 0 Å². The first-order valence-electron chi connectivity index (χ1n) is 10.8. The van der Waals surface area contributed by atoms with E-state index in [4.69, 9.17) is 5.11 Å². The number of fused-ring (bicyclic) bond motifs is 1. The minimum atomic E-state index is -1.05. The third kappa shape index (κ3) is 4.94. The smallest absolute Gasteiger partial charge is 0.322 e. The molecule has 0 saturated heterocycles. The third-order valence-corrected chi connectivity index (χ3v) is 6.25. The van der Waals surface area contributed by atoms with Gasteiger partial charge < -0.3 is 15.7 Å². The van der Waals surface area contributed by atoms with Gasteiger partial charge >= 0.3 is 5.97 Å². The topological polar surface area (TPSA) is 78.4 Å². The van der Waals surface area contributed by atoms with Crippen LogP contribution in [0.3, 0.4) is 0 Å². The Morgan fingerprint density at radius 2 is 1.74 bits per heavy atom. The maximum atomic E-state index is 12.0. The van der Waals surface area contributed by atoms with E-state index in [1.165, 1.54) is 21.9 Å². The van der Waals surface area contributed by atoms with Crippen LogP contribution in [0.1, 0.15) is 59.6 Å². The fourth-order valence-electron chi connectivity index (χ4n) is 4.67. The van der Waals surface area contributed by atoms with Gasteiger partial charge in [-0.25, -0.2) is 0 Å². The van der Waals surface area contributed by atoms with Gasteiger partial charge in [-0.05, 0) is 66.1 Å². The Kier molecular flexibility index (Phi) is 6.33. The highest BCUT2D eigenvalue weighted by Crippen LogP contribution is 2.36. The summed E-state index contributed by atoms with van der Waals surface area (Å²) < 4.78 is 0. The molecular formula is C26H28N2O3. The van der Waals surface area contributed by atoms with Gasteiger partial charge in [0.2, 0.25) is 0 Å². The number of nitrogens with one attached hydrogen (secondary N) is 2. The van der Waals surface area contributed by atoms with Crippen molar-refractivity contribution in [2.24, 2.45) is 0 Å². The van der Waals surface area contributed by atoms with Gasteiger partial charge in [-0.2, -0.15) is 0 Å². The van der Waals surface area contributed by atoms with Gasteiger partial charge in [0.1, 0.15) is 6.54 Å². The monoisotopic (exact) mass is 416 g/mol. The van der Waals surface area contributed by atoms with Crippen molar-refractivity contribution in [3.63, 3.8) is 0 Å². The van der Waals surface area contributed by atoms with E-state index < -0.39 is 5.97 Å². The summed E-state index contributed by atoms with van der Waals surface area (Å²) in [6.07, 6.45) is 3.31. The molecule has 5 nitrogen and oxygen atoms in total. The largest absolute Gasteiger partial charge is 0.480 e. The lowest BCUT2D eigenvalue weighted by Crippen LogP contribution is -2.29. The van der Waals surface area contributed by atoms with Crippen molar-refractivity contribution in [2.75, 3.05) is 6.54 Å². The summed E-state index contributed by atoms with van der Waals surface area (Å²) in [7, 11) is 0. The van der Waals surface area contributed by atoms with E-state index in [9.17, 15) is 9.59 Å². The highest BCUT2D eigenvalue weighted by Gasteiger charge is 2.27. The molecule has 31 heavy (non-hydrogen) atoms. The molecule has 1 saturated carbocycles. The van der Waals surface area contributed by atoms with Crippen LogP contribution in [0.4, 0.5) is 0 Å². The minimum absolute atomic E-state index is 0.273. The molecule has 0 aliphatic heterocycles. The first-order valence-corrected chi connectivity index (χ1v) is 10.8. The number of carboxylic acid groups (broad SMARTS) is 1. The van der Waals surface area contributed by atoms with Crippen molar-refractivity contribution >= 4 is 22.6 Å². The molecule has 3 N–H and O–H groups in total. The van der Waals surface area contributed by atoms with E-state index in [1.54, 1.807) is 12.1 Å². The second-order valence-electron chi connectivity index (χ2n) is 8.36. The van der Waals surface area contributed by atoms with Crippen molar-refractivity contribution in [1.29, 1.82) is 0 Å². The van der Waals surface area contributed by atoms with E-state index in [2.05, 4.69) is 60.0 Å². The van der Waals surface area contributed by atoms with E-state index in [0.29, 0.717) is 17.5 Å². The summed E-state index contributed by atoms with van der Waals surface area (Å²) in [6.45, 7) is 1.87. The Morgan fingerprint density at radius 1 is 1.00 bits per heavy atom. The normalized spacial score (nSPS) is 19.3. The van der Waals surface area contributed by atoms with Crippen molar-refractivity contribution in [1.82, 2.24) is 10.6 Å². The fourth-order valence-corrected chi connectivity index (χ4v) is 4.67. The van der Waals surface area contributed by atoms with Gasteiger partial charge in [-0.1, -0.05) is 54.6 Å². The summed E-state index contributed by atoms with van der Waals surface area (Å²) in [5.74, 6) is -0.940. The maximum Gasteiger partial charge on any atom is 0.322 e. The zero-order valence-electron chi connectivity index (χ0n) is 17.7. The van der Waals surface area contributed by atoms with Crippen molar-refractivity contribution < 1.29 is 14.7 Å². The van der Waals surface area contributed by atoms with E-state index in [0.717, 1.165) is 19.3 Å². The van der Waals surface area contributed by atoms with Crippen LogP contribution in [0.25, 0.3) is 10.8 Å². The lowest BCUT2D eigenvalue weighted by Gasteiger charge is -2.21. The third-order valence-electron chi connectivity index (χ3n) is 6.25. The molecule has 0 radical (unpaired) electrons. The molecule has 1 fully saturated rings. The fraction of sp³-hybridized carbons (Fsp3) is 0.308. The second kappa shape index (κ2) is 9.31. The SMILES string of the molecule is C[C@@H](N[C@H]1CC[C@@H](c2ccc(C(=O)NCC(=O)O)cc2)C1)c1cccc2ccccc12. The molecule has 0 unspecified atom stereocenters. The Labute approximate surface area is 182 Å². The van der Waals surface area contributed by atoms with Crippen molar-refractivity contribution in [2.45, 2.75) is 44.2 Å². The number of carbonyl (C=O) groups excluding carboxylic acids is 1. The van der Waals surface area contributed by atoms with E-state index >= 15 is 0 Å². The molecule has 0 bridgehead atoms. The number of carbonyl (C=O) groups is 2. The molecule has 5 heteroatoms. The lowest BCUT2D eigenvalue weighted by molar-refractivity contribution is -0.135. The number of hydrogen-bond donors (Lipinski definition) is 3. The highest BCUT2D eigenvalue weighted by molar-refractivity contribution is 5.95. The Morgan fingerprint density at radius 3 is 2.52 bits per heavy atom. The minimum Gasteiger partial charge on any atom is -0.480 e. The first kappa shape index (κ1) is 21.1. The van der Waals surface area contributed by atoms with Crippen LogP contribution in [-0.2, 0) is 4.79 Å². The molecule has 0 spiro atoms. The van der Waals surface area contributed by atoms with Crippen LogP contribution in [0.15, 0.2) is 66.7 Å². The Balaban J connectivity index is 1.37. The quantitative estimate of drug-likeness (QED) is 0.524. The first-order chi connectivity index (χ1) is 15.0. The molecule has 0 heterocycles. The average molecular weight is 417 g/mol. The van der Waals surface area contributed by atoms with Crippen LogP contribution in [0.2, 0.25) is 0 Å². The number of aliphatic carboxylic acids is 1. The number of hydrogen-bond acceptors (Lipinski definition) is 3. The van der Waals surface area contributed by atoms with E-state index in [-0.39, 0.29) is 18.5 Å². The molecule has 3 atom stereocenters. The summed E-state index contributed by atoms with van der Waals surface area (Å²) >= 11 is 0. The van der Waals surface area contributed by atoms with Gasteiger partial charge in [0, 0.05) is 17.6 Å². The van der Waals surface area contributed by atoms with Crippen LogP contribution < -0.4 is 10.6 Å². The second-order valence-corrected chi connectivity index (χ2v) is 8.36. The molecule has 1 aliphatic rings. The predicted molar refractivity (Wildman–Crippen MR) is 122 cm³/mol. The molecule has 3 aromatic rings. The van der Waals surface area contributed by atoms with Gasteiger partial charge in [0.25, 0.3) is 5.91 Å². The van der Waals surface area contributed by atoms with Gasteiger partial charge in [-0.15, -0.1) is 0 Å². The maximum absolute atomic E-state index is 12.0. The number of benzene rings is 3. The molecule has 3 aromatic carbocycles. The predicted octanol–water partition coefficient (Wildman–Crippen LogP) is 4.64. The zero-order chi connectivity index (χ0) is 21.8. The van der Waals surface area contributed by atoms with Crippen molar-refractivity contribution in [3.8, 4) is 0 Å². The Bertz CT molecular complexity index is 1070. The van der Waals surface area contributed by atoms with Crippen LogP contribution in [-0.4, -0.2) is 29.6 Å². The van der Waals surface area contributed by atoms with Gasteiger partial charge in [-0.3, -0.25) is 9.59 Å². The number of carboxylic acids is 1. The summed E-state index contributed by atoms with van der Waals surface area (Å²) in [6, 6.07) is 23.3. The number of amides is 1. The molecule has 1 amide bonds. The Hall–Kier alpha value is -3.18. The standard InChI is InChI=1S/C26H28N2O3/c1-17(23-8-4-6-19-5-2-3-7-24(19)23)28-22-14-13-21(15-22)18-9-11-20(12-10-18)26(31)27-16-25(29)30/h2-12,17,21-22,28H,13-16H2,1H3,(H,27,31)(H,29,30)/t17-,21-,22+/m1/s1.